The molecule has 0 aromatic carbocycles. The van der Waals surface area contributed by atoms with E-state index >= 15 is 0 Å². The first-order chi connectivity index (χ1) is 17.0. The van der Waals surface area contributed by atoms with Gasteiger partial charge in [-0.2, -0.15) is 0 Å². The monoisotopic (exact) mass is 579 g/mol. The second-order valence-electron chi connectivity index (χ2n) is 7.22. The minimum Gasteiger partial charge on any atom is -0.479 e. The zero-order chi connectivity index (χ0) is 26.6. The zero-order valence-electron chi connectivity index (χ0n) is 19.2. The number of rotatable bonds is 10. The number of fused-ring (bicyclic) bond motifs is 1. The van der Waals surface area contributed by atoms with Gasteiger partial charge in [0.2, 0.25) is 6.61 Å². The molecule has 1 fully saturated rings. The molecule has 2 amide bonds. The van der Waals surface area contributed by atoms with Gasteiger partial charge in [0.25, 0.3) is 11.8 Å². The third kappa shape index (κ3) is 5.50. The number of nitrogen functional groups attached to an aromatic ring is 1. The summed E-state index contributed by atoms with van der Waals surface area (Å²) >= 11 is 9.85. The van der Waals surface area contributed by atoms with E-state index in [2.05, 4.69) is 15.5 Å². The van der Waals surface area contributed by atoms with E-state index < -0.39 is 53.3 Å². The first-order valence-corrected chi connectivity index (χ1v) is 13.7. The zero-order valence-corrected chi connectivity index (χ0v) is 22.4. The first kappa shape index (κ1) is 27.9. The summed E-state index contributed by atoms with van der Waals surface area (Å²) in [4.78, 5) is 60.9. The number of carbonyl (C=O) groups excluding carboxylic acids is 3. The van der Waals surface area contributed by atoms with E-state index in [1.165, 1.54) is 35.3 Å². The number of β-lactam (4-membered cyclic amide) rings is 1. The number of amides is 2. The number of halogens is 1. The van der Waals surface area contributed by atoms with Crippen LogP contribution in [0.1, 0.15) is 19.5 Å². The molecule has 3 heterocycles. The van der Waals surface area contributed by atoms with E-state index in [1.807, 2.05) is 6.26 Å². The molecule has 36 heavy (non-hydrogen) atoms. The Balaban J connectivity index is 1.98. The van der Waals surface area contributed by atoms with Crippen molar-refractivity contribution in [3.05, 3.63) is 21.1 Å². The number of aromatic nitrogens is 1. The Morgan fingerprint density at radius 2 is 2.22 bits per heavy atom. The van der Waals surface area contributed by atoms with Crippen molar-refractivity contribution in [2.75, 3.05) is 31.0 Å². The number of carbonyl (C=O) groups is 4. The minimum absolute atomic E-state index is 0.00801. The maximum absolute atomic E-state index is 13.5. The molecule has 0 radical (unpaired) electrons. The molecular formula is C19H22ClN5O8S3. The van der Waals surface area contributed by atoms with E-state index in [4.69, 9.17) is 36.8 Å². The fraction of sp³-hybridized carbons (Fsp3) is 0.474. The van der Waals surface area contributed by atoms with Gasteiger partial charge in [-0.15, -0.1) is 23.5 Å². The number of nitrogens with one attached hydrogen (secondary N) is 1. The Morgan fingerprint density at radius 3 is 2.81 bits per heavy atom. The van der Waals surface area contributed by atoms with E-state index in [1.54, 1.807) is 13.1 Å². The predicted molar refractivity (Wildman–Crippen MR) is 135 cm³/mol. The highest BCUT2D eigenvalue weighted by Crippen LogP contribution is 2.47. The quantitative estimate of drug-likeness (QED) is 0.158. The summed E-state index contributed by atoms with van der Waals surface area (Å²) in [6.45, 7) is 2.24. The van der Waals surface area contributed by atoms with Crippen molar-refractivity contribution in [1.82, 2.24) is 15.2 Å². The number of nitrogens with zero attached hydrogens (tertiary/aromatic N) is 3. The summed E-state index contributed by atoms with van der Waals surface area (Å²) < 4.78 is 10.2. The van der Waals surface area contributed by atoms with Crippen LogP contribution >= 0.6 is 46.5 Å². The molecule has 4 N–H and O–H groups in total. The molecule has 0 spiro atoms. The van der Waals surface area contributed by atoms with Crippen LogP contribution < -0.4 is 11.1 Å². The summed E-state index contributed by atoms with van der Waals surface area (Å²) in [6.07, 6.45) is 1.38. The van der Waals surface area contributed by atoms with Crippen molar-refractivity contribution in [2.24, 2.45) is 5.16 Å². The highest BCUT2D eigenvalue weighted by atomic mass is 35.5. The van der Waals surface area contributed by atoms with Crippen molar-refractivity contribution in [3.8, 4) is 0 Å². The fourth-order valence-corrected chi connectivity index (χ4v) is 6.57. The average molecular weight is 580 g/mol. The Morgan fingerprint density at radius 1 is 1.50 bits per heavy atom. The lowest BCUT2D eigenvalue weighted by molar-refractivity contribution is -0.163. The molecule has 17 heteroatoms. The van der Waals surface area contributed by atoms with Crippen LogP contribution in [0.25, 0.3) is 0 Å². The van der Waals surface area contributed by atoms with Crippen LogP contribution in [-0.2, 0) is 28.7 Å². The number of thiazole rings is 1. The van der Waals surface area contributed by atoms with Gasteiger partial charge < -0.3 is 35.4 Å². The number of ether oxygens (including phenoxy) is 2. The lowest BCUT2D eigenvalue weighted by Crippen LogP contribution is -2.83. The number of aliphatic carboxylic acids is 1. The Labute approximate surface area is 222 Å². The summed E-state index contributed by atoms with van der Waals surface area (Å²) in [6, 6.07) is 0. The molecule has 0 saturated carbocycles. The third-order valence-corrected chi connectivity index (χ3v) is 8.47. The Kier molecular flexibility index (Phi) is 8.97. The second-order valence-corrected chi connectivity index (χ2v) is 10.9. The van der Waals surface area contributed by atoms with Crippen molar-refractivity contribution >= 4 is 81.2 Å². The van der Waals surface area contributed by atoms with Crippen molar-refractivity contribution in [3.63, 3.8) is 0 Å². The van der Waals surface area contributed by atoms with Crippen LogP contribution in [0.2, 0.25) is 4.34 Å². The maximum atomic E-state index is 13.5. The lowest BCUT2D eigenvalue weighted by atomic mass is 9.82. The highest BCUT2D eigenvalue weighted by molar-refractivity contribution is 8.05. The number of oxime groups is 1. The topological polar surface area (TPSA) is 183 Å². The van der Waals surface area contributed by atoms with Crippen LogP contribution in [-0.4, -0.2) is 86.9 Å². The van der Waals surface area contributed by atoms with E-state index in [-0.39, 0.29) is 21.8 Å². The van der Waals surface area contributed by atoms with Crippen LogP contribution in [0, 0.1) is 0 Å². The van der Waals surface area contributed by atoms with E-state index in [9.17, 15) is 19.2 Å². The standard InChI is InChI=1S/C19H22ClN5O8S3/c1-4-31-18(30)33-8(2)19(15(29)25-5-9(34-3)7-35-16(19)25)23-14(28)12(24-32-6-10(26)27)11-13(20)36-17(21)22-11/h5,8,16H,4,6-7H2,1-3H3,(H2,21,22)(H,23,28)(H,26,27)/t8?,16-,19?/m0/s1. The molecule has 1 aromatic rings. The van der Waals surface area contributed by atoms with Gasteiger partial charge in [-0.05, 0) is 20.1 Å². The van der Waals surface area contributed by atoms with Gasteiger partial charge in [0.05, 0.1) is 6.61 Å². The molecular weight excluding hydrogens is 558 g/mol. The largest absolute Gasteiger partial charge is 0.508 e. The molecule has 2 unspecified atom stereocenters. The summed E-state index contributed by atoms with van der Waals surface area (Å²) in [5.41, 5.74) is 3.30. The van der Waals surface area contributed by atoms with Gasteiger partial charge >= 0.3 is 12.1 Å². The smallest absolute Gasteiger partial charge is 0.479 e. The van der Waals surface area contributed by atoms with E-state index in [0.29, 0.717) is 5.75 Å². The molecule has 2 aliphatic rings. The molecule has 0 bridgehead atoms. The van der Waals surface area contributed by atoms with Crippen LogP contribution in [0.4, 0.5) is 9.93 Å². The molecule has 2 aliphatic heterocycles. The van der Waals surface area contributed by atoms with Gasteiger partial charge in [0, 0.05) is 16.9 Å². The molecule has 13 nitrogen and oxygen atoms in total. The number of hydrogen-bond acceptors (Lipinski definition) is 13. The maximum Gasteiger partial charge on any atom is 0.508 e. The van der Waals surface area contributed by atoms with Gasteiger partial charge in [0.15, 0.2) is 16.4 Å². The normalized spacial score (nSPS) is 22.1. The van der Waals surface area contributed by atoms with Crippen molar-refractivity contribution in [1.29, 1.82) is 0 Å². The van der Waals surface area contributed by atoms with Gasteiger partial charge in [0.1, 0.15) is 21.5 Å². The van der Waals surface area contributed by atoms with Crippen molar-refractivity contribution in [2.45, 2.75) is 30.9 Å². The number of nitrogens with two attached hydrogens (primary N) is 1. The molecule has 3 rings (SSSR count). The van der Waals surface area contributed by atoms with Gasteiger partial charge in [-0.3, -0.25) is 9.59 Å². The Bertz CT molecular complexity index is 1130. The first-order valence-electron chi connectivity index (χ1n) is 10.2. The summed E-state index contributed by atoms with van der Waals surface area (Å²) in [5, 5.41) is 14.5. The third-order valence-electron chi connectivity index (χ3n) is 5.04. The second kappa shape index (κ2) is 11.6. The van der Waals surface area contributed by atoms with Crippen LogP contribution in [0.15, 0.2) is 16.3 Å². The SMILES string of the molecule is CCOC(=O)OC(C)C1(NC(=O)C(=NOCC(=O)O)c2nc(N)sc2Cl)C(=O)N2C=C(SC)CS[C@H]21. The van der Waals surface area contributed by atoms with Crippen LogP contribution in [0.5, 0.6) is 0 Å². The van der Waals surface area contributed by atoms with E-state index in [0.717, 1.165) is 16.2 Å². The number of carboxylic acids is 1. The number of carboxylic acid groups (broad SMARTS) is 1. The van der Waals surface area contributed by atoms with Gasteiger partial charge in [-0.25, -0.2) is 14.6 Å². The number of thioether (sulfide) groups is 2. The molecule has 1 aromatic heterocycles. The summed E-state index contributed by atoms with van der Waals surface area (Å²) in [7, 11) is 0. The fourth-order valence-electron chi connectivity index (χ4n) is 3.42. The van der Waals surface area contributed by atoms with Crippen molar-refractivity contribution < 1.29 is 38.6 Å². The molecule has 1 saturated heterocycles. The Hall–Kier alpha value is -2.69. The van der Waals surface area contributed by atoms with Crippen LogP contribution in [0.3, 0.4) is 0 Å². The lowest BCUT2D eigenvalue weighted by Gasteiger charge is -2.57. The molecule has 0 aliphatic carbocycles. The van der Waals surface area contributed by atoms with Gasteiger partial charge in [-0.1, -0.05) is 28.1 Å². The summed E-state index contributed by atoms with van der Waals surface area (Å²) in [5.74, 6) is -2.29. The number of anilines is 1. The predicted octanol–water partition coefficient (Wildman–Crippen LogP) is 1.72. The molecule has 3 atom stereocenters. The highest BCUT2D eigenvalue weighted by Gasteiger charge is 2.67. The average Bonchev–Trinajstić information content (AvgIpc) is 3.16. The molecule has 196 valence electrons. The number of hydrogen-bond donors (Lipinski definition) is 3. The minimum atomic E-state index is -1.71.